The van der Waals surface area contributed by atoms with Crippen LogP contribution in [0.1, 0.15) is 13.3 Å². The summed E-state index contributed by atoms with van der Waals surface area (Å²) in [5.41, 5.74) is 0. The summed E-state index contributed by atoms with van der Waals surface area (Å²) in [5.74, 6) is -0.205. The van der Waals surface area contributed by atoms with Crippen LogP contribution in [0.3, 0.4) is 0 Å². The number of alkyl halides is 3. The zero-order valence-corrected chi connectivity index (χ0v) is 15.8. The van der Waals surface area contributed by atoms with Crippen LogP contribution in [-0.2, 0) is 9.53 Å². The summed E-state index contributed by atoms with van der Waals surface area (Å²) >= 11 is 0. The highest BCUT2D eigenvalue weighted by atomic mass is 127. The normalized spacial score (nSPS) is 20.6. The lowest BCUT2D eigenvalue weighted by Gasteiger charge is -2.20. The Hall–Kier alpha value is -0.780. The van der Waals surface area contributed by atoms with Gasteiger partial charge in [-0.1, -0.05) is 6.92 Å². The number of guanidine groups is 1. The number of hydrogen-bond acceptors (Lipinski definition) is 4. The van der Waals surface area contributed by atoms with Crippen molar-refractivity contribution < 1.29 is 22.7 Å². The van der Waals surface area contributed by atoms with Gasteiger partial charge >= 0.3 is 12.1 Å². The van der Waals surface area contributed by atoms with Gasteiger partial charge in [0.2, 0.25) is 0 Å². The molecule has 0 aromatic rings. The summed E-state index contributed by atoms with van der Waals surface area (Å²) in [6.07, 6.45) is -3.56. The van der Waals surface area contributed by atoms with Gasteiger partial charge in [0.1, 0.15) is 0 Å². The molecule has 0 radical (unpaired) electrons. The number of carbonyl (C=O) groups excluding carboxylic acids is 1. The third-order valence-corrected chi connectivity index (χ3v) is 3.42. The van der Waals surface area contributed by atoms with Crippen LogP contribution in [0.15, 0.2) is 4.99 Å². The minimum atomic E-state index is -4.18. The van der Waals surface area contributed by atoms with Crippen molar-refractivity contribution >= 4 is 35.9 Å². The molecule has 0 aliphatic carbocycles. The van der Waals surface area contributed by atoms with E-state index in [4.69, 9.17) is 0 Å². The van der Waals surface area contributed by atoms with E-state index < -0.39 is 12.7 Å². The minimum Gasteiger partial charge on any atom is -0.469 e. The van der Waals surface area contributed by atoms with Crippen molar-refractivity contribution in [1.29, 1.82) is 0 Å². The molecule has 10 heteroatoms. The van der Waals surface area contributed by atoms with Crippen molar-refractivity contribution in [1.82, 2.24) is 15.5 Å². The van der Waals surface area contributed by atoms with Crippen molar-refractivity contribution in [3.05, 3.63) is 0 Å². The maximum Gasteiger partial charge on any atom is 0.401 e. The van der Waals surface area contributed by atoms with Gasteiger partial charge in [0.05, 0.1) is 19.6 Å². The first-order valence-electron chi connectivity index (χ1n) is 7.09. The van der Waals surface area contributed by atoms with E-state index in [1.807, 2.05) is 0 Å². The zero-order valence-electron chi connectivity index (χ0n) is 13.4. The van der Waals surface area contributed by atoms with Gasteiger partial charge in [-0.05, 0) is 6.42 Å². The quantitative estimate of drug-likeness (QED) is 0.284. The molecule has 6 nitrogen and oxygen atoms in total. The predicted molar refractivity (Wildman–Crippen MR) is 92.0 cm³/mol. The van der Waals surface area contributed by atoms with Crippen LogP contribution in [0.5, 0.6) is 0 Å². The van der Waals surface area contributed by atoms with Crippen LogP contribution in [0.2, 0.25) is 0 Å². The average Bonchev–Trinajstić information content (AvgIpc) is 2.86. The second-order valence-electron chi connectivity index (χ2n) is 5.36. The van der Waals surface area contributed by atoms with E-state index in [0.29, 0.717) is 32.0 Å². The van der Waals surface area contributed by atoms with Crippen molar-refractivity contribution in [3.8, 4) is 0 Å². The molecule has 1 saturated heterocycles. The molecule has 0 aromatic heterocycles. The molecule has 2 atom stereocenters. The molecule has 136 valence electrons. The van der Waals surface area contributed by atoms with Crippen LogP contribution >= 0.6 is 24.0 Å². The average molecular weight is 452 g/mol. The molecule has 0 bridgehead atoms. The monoisotopic (exact) mass is 452 g/mol. The van der Waals surface area contributed by atoms with Gasteiger partial charge in [-0.2, -0.15) is 13.2 Å². The van der Waals surface area contributed by atoms with Gasteiger partial charge in [0.25, 0.3) is 0 Å². The highest BCUT2D eigenvalue weighted by Gasteiger charge is 2.34. The Kier molecular flexibility index (Phi) is 9.82. The highest BCUT2D eigenvalue weighted by molar-refractivity contribution is 14.0. The van der Waals surface area contributed by atoms with Gasteiger partial charge in [0, 0.05) is 32.7 Å². The van der Waals surface area contributed by atoms with E-state index in [1.165, 1.54) is 12.0 Å². The van der Waals surface area contributed by atoms with E-state index in [0.717, 1.165) is 0 Å². The first-order valence-corrected chi connectivity index (χ1v) is 7.09. The molecular formula is C13H24F3IN4O2. The van der Waals surface area contributed by atoms with Crippen LogP contribution in [-0.4, -0.2) is 69.4 Å². The number of carbonyl (C=O) groups is 1. The number of ether oxygens (including phenoxy) is 1. The number of rotatable bonds is 5. The summed E-state index contributed by atoms with van der Waals surface area (Å²) in [7, 11) is 2.89. The SMILES string of the molecule is CN=C(NCC(C)C(=O)OC)NC1CCN(CC(F)(F)F)C1.I. The van der Waals surface area contributed by atoms with Crippen LogP contribution in [0.25, 0.3) is 0 Å². The van der Waals surface area contributed by atoms with Crippen molar-refractivity contribution in [2.24, 2.45) is 10.9 Å². The highest BCUT2D eigenvalue weighted by Crippen LogP contribution is 2.19. The van der Waals surface area contributed by atoms with Crippen molar-refractivity contribution in [3.63, 3.8) is 0 Å². The molecule has 0 saturated carbocycles. The number of nitrogens with zero attached hydrogens (tertiary/aromatic N) is 2. The molecular weight excluding hydrogens is 428 g/mol. The standard InChI is InChI=1S/C13H23F3N4O2.HI/c1-9(11(21)22-3)6-18-12(17-2)19-10-4-5-20(7-10)8-13(14,15)16;/h9-10H,4-8H2,1-3H3,(H2,17,18,19);1H. The topological polar surface area (TPSA) is 66.0 Å². The molecule has 2 unspecified atom stereocenters. The minimum absolute atomic E-state index is 0. The summed E-state index contributed by atoms with van der Waals surface area (Å²) in [5, 5.41) is 6.04. The van der Waals surface area contributed by atoms with E-state index in [2.05, 4.69) is 20.4 Å². The van der Waals surface area contributed by atoms with Gasteiger partial charge < -0.3 is 15.4 Å². The molecule has 23 heavy (non-hydrogen) atoms. The second kappa shape index (κ2) is 10.2. The smallest absolute Gasteiger partial charge is 0.401 e. The predicted octanol–water partition coefficient (Wildman–Crippen LogP) is 1.22. The summed E-state index contributed by atoms with van der Waals surface area (Å²) in [4.78, 5) is 16.7. The third kappa shape index (κ3) is 8.58. The Morgan fingerprint density at radius 2 is 2.13 bits per heavy atom. The van der Waals surface area contributed by atoms with E-state index >= 15 is 0 Å². The summed E-state index contributed by atoms with van der Waals surface area (Å²) in [6.45, 7) is 1.87. The molecule has 0 spiro atoms. The van der Waals surface area contributed by atoms with Gasteiger partial charge in [0.15, 0.2) is 5.96 Å². The Labute approximate surface area is 151 Å². The molecule has 2 N–H and O–H groups in total. The van der Waals surface area contributed by atoms with Crippen molar-refractivity contribution in [2.75, 3.05) is 40.3 Å². The van der Waals surface area contributed by atoms with E-state index in [9.17, 15) is 18.0 Å². The number of methoxy groups -OCH3 is 1. The fraction of sp³-hybridized carbons (Fsp3) is 0.846. The van der Waals surface area contributed by atoms with Crippen molar-refractivity contribution in [2.45, 2.75) is 25.6 Å². The molecule has 0 amide bonds. The van der Waals surface area contributed by atoms with Gasteiger partial charge in [-0.25, -0.2) is 0 Å². The number of aliphatic imine (C=N–C) groups is 1. The Bertz CT molecular complexity index is 407. The maximum absolute atomic E-state index is 12.3. The lowest BCUT2D eigenvalue weighted by Crippen LogP contribution is -2.46. The number of likely N-dealkylation sites (tertiary alicyclic amines) is 1. The fourth-order valence-corrected chi connectivity index (χ4v) is 2.27. The number of halogens is 4. The molecule has 1 aliphatic heterocycles. The second-order valence-corrected chi connectivity index (χ2v) is 5.36. The molecule has 1 rings (SSSR count). The van der Waals surface area contributed by atoms with Gasteiger partial charge in [-0.15, -0.1) is 24.0 Å². The largest absolute Gasteiger partial charge is 0.469 e. The molecule has 0 aromatic carbocycles. The number of hydrogen-bond donors (Lipinski definition) is 2. The van der Waals surface area contributed by atoms with Crippen LogP contribution < -0.4 is 10.6 Å². The lowest BCUT2D eigenvalue weighted by molar-refractivity contribution is -0.145. The fourth-order valence-electron chi connectivity index (χ4n) is 2.27. The van der Waals surface area contributed by atoms with E-state index in [-0.39, 0.29) is 41.9 Å². The summed E-state index contributed by atoms with van der Waals surface area (Å²) < 4.78 is 41.6. The summed E-state index contributed by atoms with van der Waals surface area (Å²) in [6, 6.07) is -0.0954. The number of nitrogens with one attached hydrogen (secondary N) is 2. The Morgan fingerprint density at radius 1 is 1.48 bits per heavy atom. The first-order chi connectivity index (χ1) is 10.2. The first kappa shape index (κ1) is 22.2. The van der Waals surface area contributed by atoms with Crippen LogP contribution in [0, 0.1) is 5.92 Å². The molecule has 1 fully saturated rings. The lowest BCUT2D eigenvalue weighted by atomic mass is 10.2. The Balaban J connectivity index is 0.00000484. The number of esters is 1. The van der Waals surface area contributed by atoms with Gasteiger partial charge in [-0.3, -0.25) is 14.7 Å². The third-order valence-electron chi connectivity index (χ3n) is 3.42. The zero-order chi connectivity index (χ0) is 16.8. The molecule has 1 aliphatic rings. The molecule has 1 heterocycles. The van der Waals surface area contributed by atoms with E-state index in [1.54, 1.807) is 14.0 Å². The Morgan fingerprint density at radius 3 is 2.65 bits per heavy atom. The maximum atomic E-state index is 12.3. The van der Waals surface area contributed by atoms with Crippen LogP contribution in [0.4, 0.5) is 13.2 Å².